The molecule has 0 aliphatic rings. The zero-order valence-electron chi connectivity index (χ0n) is 21.9. The fourth-order valence-corrected chi connectivity index (χ4v) is 2.66. The van der Waals surface area contributed by atoms with E-state index in [1.54, 1.807) is 31.2 Å². The smallest absolute Gasteiger partial charge is 0.338 e. The maximum Gasteiger partial charge on any atom is 0.338 e. The second-order valence-electron chi connectivity index (χ2n) is 7.34. The molecule has 11 nitrogen and oxygen atoms in total. The van der Waals surface area contributed by atoms with Crippen LogP contribution in [0.1, 0.15) is 23.7 Å². The molecular weight excluding hydrogens is 488 g/mol. The van der Waals surface area contributed by atoms with Crippen LogP contribution < -0.4 is 0 Å². The van der Waals surface area contributed by atoms with Crippen molar-refractivity contribution in [3.8, 4) is 0 Å². The molecule has 11 heteroatoms. The third-order valence-electron chi connectivity index (χ3n) is 4.46. The molecule has 1 rings (SSSR count). The monoisotopic (exact) mass is 530 g/mol. The fraction of sp³-hybridized carbons (Fsp3) is 0.692. The Morgan fingerprint density at radius 1 is 0.514 bits per heavy atom. The molecule has 1 aromatic carbocycles. The van der Waals surface area contributed by atoms with Gasteiger partial charge in [-0.2, -0.15) is 0 Å². The number of hydrogen-bond acceptors (Lipinski definition) is 11. The first-order valence-electron chi connectivity index (χ1n) is 12.7. The van der Waals surface area contributed by atoms with E-state index in [1.165, 1.54) is 0 Å². The van der Waals surface area contributed by atoms with Gasteiger partial charge < -0.3 is 42.6 Å². The summed E-state index contributed by atoms with van der Waals surface area (Å²) in [7, 11) is 0. The molecule has 0 saturated heterocycles. The molecule has 0 aliphatic carbocycles. The minimum atomic E-state index is -0.358. The zero-order valence-corrected chi connectivity index (χ0v) is 21.9. The largest absolute Gasteiger partial charge is 0.466 e. The predicted molar refractivity (Wildman–Crippen MR) is 134 cm³/mol. The lowest BCUT2D eigenvalue weighted by atomic mass is 10.2. The first-order chi connectivity index (χ1) is 18.2. The predicted octanol–water partition coefficient (Wildman–Crippen LogP) is 1.91. The molecule has 0 fully saturated rings. The van der Waals surface area contributed by atoms with Gasteiger partial charge in [0.15, 0.2) is 0 Å². The summed E-state index contributed by atoms with van der Waals surface area (Å²) in [5.41, 5.74) is 0.523. The van der Waals surface area contributed by atoms with Crippen LogP contribution in [-0.2, 0) is 47.4 Å². The highest BCUT2D eigenvalue weighted by Crippen LogP contribution is 2.00. The zero-order chi connectivity index (χ0) is 26.7. The summed E-state index contributed by atoms with van der Waals surface area (Å²) in [6.07, 6.45) is 0.254. The van der Waals surface area contributed by atoms with Gasteiger partial charge in [-0.3, -0.25) is 4.79 Å². The van der Waals surface area contributed by atoms with E-state index >= 15 is 0 Å². The Labute approximate surface area is 219 Å². The topological polar surface area (TPSA) is 117 Å². The van der Waals surface area contributed by atoms with Gasteiger partial charge in [-0.05, 0) is 19.1 Å². The van der Waals surface area contributed by atoms with Gasteiger partial charge in [-0.15, -0.1) is 0 Å². The second-order valence-corrected chi connectivity index (χ2v) is 7.34. The van der Waals surface area contributed by atoms with E-state index in [4.69, 9.17) is 42.6 Å². The molecule has 0 spiro atoms. The number of carbonyl (C=O) groups excluding carboxylic acids is 2. The summed E-state index contributed by atoms with van der Waals surface area (Å²) >= 11 is 0. The molecule has 0 radical (unpaired) electrons. The maximum atomic E-state index is 11.7. The summed E-state index contributed by atoms with van der Waals surface area (Å²) in [5.74, 6) is -0.613. The van der Waals surface area contributed by atoms with Crippen molar-refractivity contribution in [2.45, 2.75) is 13.3 Å². The van der Waals surface area contributed by atoms with Gasteiger partial charge in [0.2, 0.25) is 0 Å². The molecule has 0 amide bonds. The van der Waals surface area contributed by atoms with Crippen molar-refractivity contribution in [2.75, 3.05) is 106 Å². The Balaban J connectivity index is 1.68. The lowest BCUT2D eigenvalue weighted by Gasteiger charge is -2.09. The van der Waals surface area contributed by atoms with Crippen molar-refractivity contribution >= 4 is 11.9 Å². The van der Waals surface area contributed by atoms with Crippen LogP contribution in [0, 0.1) is 0 Å². The van der Waals surface area contributed by atoms with Crippen LogP contribution in [0.15, 0.2) is 30.3 Å². The van der Waals surface area contributed by atoms with E-state index in [2.05, 4.69) is 0 Å². The van der Waals surface area contributed by atoms with E-state index in [9.17, 15) is 9.59 Å². The summed E-state index contributed by atoms with van der Waals surface area (Å²) in [5, 5.41) is 0. The van der Waals surface area contributed by atoms with Crippen molar-refractivity contribution in [2.24, 2.45) is 0 Å². The molecule has 0 N–H and O–H groups in total. The lowest BCUT2D eigenvalue weighted by Crippen LogP contribution is -2.15. The highest BCUT2D eigenvalue weighted by atomic mass is 16.6. The molecule has 0 unspecified atom stereocenters. The van der Waals surface area contributed by atoms with Crippen LogP contribution in [0.3, 0.4) is 0 Å². The van der Waals surface area contributed by atoms with Crippen LogP contribution >= 0.6 is 0 Å². The van der Waals surface area contributed by atoms with Gasteiger partial charge in [-0.25, -0.2) is 4.79 Å². The van der Waals surface area contributed by atoms with Crippen LogP contribution in [0.25, 0.3) is 0 Å². The number of rotatable bonds is 26. The molecule has 0 bridgehead atoms. The number of ether oxygens (including phenoxy) is 9. The van der Waals surface area contributed by atoms with E-state index in [1.807, 2.05) is 6.07 Å². The van der Waals surface area contributed by atoms with Gasteiger partial charge in [0.1, 0.15) is 6.61 Å². The van der Waals surface area contributed by atoms with Gasteiger partial charge in [-0.1, -0.05) is 18.2 Å². The molecule has 0 atom stereocenters. The quantitative estimate of drug-likeness (QED) is 0.129. The van der Waals surface area contributed by atoms with Gasteiger partial charge in [0, 0.05) is 0 Å². The Morgan fingerprint density at radius 2 is 0.892 bits per heavy atom. The molecule has 0 aliphatic heterocycles. The average Bonchev–Trinajstić information content (AvgIpc) is 2.91. The van der Waals surface area contributed by atoms with Crippen LogP contribution in [0.5, 0.6) is 0 Å². The molecule has 0 aromatic heterocycles. The van der Waals surface area contributed by atoms with Gasteiger partial charge in [0.25, 0.3) is 0 Å². The lowest BCUT2D eigenvalue weighted by molar-refractivity contribution is -0.144. The normalized spacial score (nSPS) is 10.9. The molecule has 0 heterocycles. The van der Waals surface area contributed by atoms with Crippen molar-refractivity contribution in [3.05, 3.63) is 35.9 Å². The van der Waals surface area contributed by atoms with Crippen molar-refractivity contribution < 1.29 is 52.2 Å². The highest BCUT2D eigenvalue weighted by molar-refractivity contribution is 5.89. The number of hydrogen-bond donors (Lipinski definition) is 0. The first kappa shape index (κ1) is 32.9. The molecule has 1 aromatic rings. The van der Waals surface area contributed by atoms with E-state index < -0.39 is 0 Å². The van der Waals surface area contributed by atoms with E-state index in [0.717, 1.165) is 0 Å². The highest BCUT2D eigenvalue weighted by Gasteiger charge is 2.05. The minimum absolute atomic E-state index is 0.200. The van der Waals surface area contributed by atoms with Crippen LogP contribution in [0.2, 0.25) is 0 Å². The van der Waals surface area contributed by atoms with E-state index in [-0.39, 0.29) is 25.0 Å². The number of esters is 2. The third-order valence-corrected chi connectivity index (χ3v) is 4.46. The van der Waals surface area contributed by atoms with Gasteiger partial charge >= 0.3 is 11.9 Å². The molecule has 37 heavy (non-hydrogen) atoms. The molecule has 212 valence electrons. The SMILES string of the molecule is CCOC(=O)CCOCCOCCOCCOCCOCCOCCOCCOC(=O)c1ccccc1. The van der Waals surface area contributed by atoms with Crippen molar-refractivity contribution in [3.63, 3.8) is 0 Å². The maximum absolute atomic E-state index is 11.7. The van der Waals surface area contributed by atoms with Gasteiger partial charge in [0.05, 0.1) is 111 Å². The fourth-order valence-electron chi connectivity index (χ4n) is 2.66. The Morgan fingerprint density at radius 3 is 1.30 bits per heavy atom. The number of carbonyl (C=O) groups is 2. The number of benzene rings is 1. The second kappa shape index (κ2) is 25.5. The van der Waals surface area contributed by atoms with Crippen molar-refractivity contribution in [1.29, 1.82) is 0 Å². The summed E-state index contributed by atoms with van der Waals surface area (Å²) in [4.78, 5) is 22.9. The van der Waals surface area contributed by atoms with Crippen molar-refractivity contribution in [1.82, 2.24) is 0 Å². The molecular formula is C26H42O11. The summed E-state index contributed by atoms with van der Waals surface area (Å²) in [6, 6.07) is 8.83. The summed E-state index contributed by atoms with van der Waals surface area (Å²) in [6.45, 7) is 8.54. The Kier molecular flexibility index (Phi) is 22.7. The Bertz CT molecular complexity index is 657. The standard InChI is InChI=1S/C26H42O11/c1-2-36-25(27)8-9-29-10-11-30-12-13-31-14-15-32-16-17-33-18-19-34-20-21-35-22-23-37-26(28)24-6-4-3-5-7-24/h3-7H,2,8-23H2,1H3. The molecule has 0 saturated carbocycles. The van der Waals surface area contributed by atoms with E-state index in [0.29, 0.717) is 105 Å². The Hall–Kier alpha value is -2.12. The summed E-state index contributed by atoms with van der Waals surface area (Å²) < 4.78 is 47.6. The average molecular weight is 531 g/mol. The third kappa shape index (κ3) is 21.7. The van der Waals surface area contributed by atoms with Crippen LogP contribution in [-0.4, -0.2) is 118 Å². The first-order valence-corrected chi connectivity index (χ1v) is 12.7. The van der Waals surface area contributed by atoms with Crippen LogP contribution in [0.4, 0.5) is 0 Å². The minimum Gasteiger partial charge on any atom is -0.466 e.